The van der Waals surface area contributed by atoms with Crippen molar-refractivity contribution in [2.75, 3.05) is 18.5 Å². The molecule has 0 aliphatic heterocycles. The van der Waals surface area contributed by atoms with Crippen molar-refractivity contribution in [1.82, 2.24) is 0 Å². The van der Waals surface area contributed by atoms with Crippen LogP contribution in [0.4, 0.5) is 5.69 Å². The van der Waals surface area contributed by atoms with Crippen molar-refractivity contribution in [2.45, 2.75) is 27.2 Å². The molecule has 1 N–H and O–H groups in total. The van der Waals surface area contributed by atoms with Crippen LogP contribution in [0.15, 0.2) is 24.3 Å². The molecule has 0 heterocycles. The third kappa shape index (κ3) is 4.89. The van der Waals surface area contributed by atoms with E-state index in [0.717, 1.165) is 18.7 Å². The van der Waals surface area contributed by atoms with Gasteiger partial charge in [0, 0.05) is 12.2 Å². The summed E-state index contributed by atoms with van der Waals surface area (Å²) < 4.78 is 5.09. The number of carbonyl (C=O) groups is 1. The van der Waals surface area contributed by atoms with Crippen LogP contribution in [-0.2, 0) is 4.74 Å². The highest BCUT2D eigenvalue weighted by Gasteiger charge is 2.07. The summed E-state index contributed by atoms with van der Waals surface area (Å²) in [6.45, 7) is 7.64. The molecule has 0 saturated carbocycles. The van der Waals surface area contributed by atoms with Gasteiger partial charge in [0.1, 0.15) is 0 Å². The predicted octanol–water partition coefficient (Wildman–Crippen LogP) is 3.32. The van der Waals surface area contributed by atoms with Crippen molar-refractivity contribution in [1.29, 1.82) is 0 Å². The summed E-state index contributed by atoms with van der Waals surface area (Å²) >= 11 is 0. The quantitative estimate of drug-likeness (QED) is 0.769. The average Bonchev–Trinajstić information content (AvgIpc) is 2.33. The molecule has 0 saturated heterocycles. The number of carbonyl (C=O) groups excluding carboxylic acids is 1. The zero-order chi connectivity index (χ0) is 12.7. The number of hydrogen-bond acceptors (Lipinski definition) is 3. The topological polar surface area (TPSA) is 38.3 Å². The van der Waals surface area contributed by atoms with Gasteiger partial charge in [-0.05, 0) is 30.5 Å². The second-order valence-electron chi connectivity index (χ2n) is 4.49. The largest absolute Gasteiger partial charge is 0.462 e. The standard InChI is InChI=1S/C14H21NO2/c1-4-8-17-14(16)12-6-5-7-13(9-12)15-10-11(2)3/h5-7,9,11,15H,4,8,10H2,1-3H3. The van der Waals surface area contributed by atoms with Crippen molar-refractivity contribution in [3.63, 3.8) is 0 Å². The van der Waals surface area contributed by atoms with Crippen LogP contribution >= 0.6 is 0 Å². The van der Waals surface area contributed by atoms with Gasteiger partial charge in [-0.15, -0.1) is 0 Å². The van der Waals surface area contributed by atoms with Gasteiger partial charge in [-0.25, -0.2) is 4.79 Å². The predicted molar refractivity (Wildman–Crippen MR) is 70.3 cm³/mol. The minimum atomic E-state index is -0.250. The van der Waals surface area contributed by atoms with E-state index in [-0.39, 0.29) is 5.97 Å². The number of hydrogen-bond donors (Lipinski definition) is 1. The summed E-state index contributed by atoms with van der Waals surface area (Å²) in [5.41, 5.74) is 1.57. The highest BCUT2D eigenvalue weighted by atomic mass is 16.5. The van der Waals surface area contributed by atoms with E-state index < -0.39 is 0 Å². The summed E-state index contributed by atoms with van der Waals surface area (Å²) in [4.78, 5) is 11.6. The van der Waals surface area contributed by atoms with Crippen LogP contribution in [0.25, 0.3) is 0 Å². The molecule has 0 aliphatic rings. The van der Waals surface area contributed by atoms with Crippen molar-refractivity contribution < 1.29 is 9.53 Å². The SMILES string of the molecule is CCCOC(=O)c1cccc(NCC(C)C)c1. The van der Waals surface area contributed by atoms with E-state index in [1.807, 2.05) is 25.1 Å². The Kier molecular flexibility index (Phi) is 5.53. The van der Waals surface area contributed by atoms with Gasteiger partial charge in [-0.1, -0.05) is 26.8 Å². The number of nitrogens with one attached hydrogen (secondary N) is 1. The van der Waals surface area contributed by atoms with Crippen molar-refractivity contribution in [3.8, 4) is 0 Å². The van der Waals surface area contributed by atoms with Gasteiger partial charge < -0.3 is 10.1 Å². The van der Waals surface area contributed by atoms with E-state index in [1.54, 1.807) is 6.07 Å². The third-order valence-electron chi connectivity index (χ3n) is 2.25. The lowest BCUT2D eigenvalue weighted by Gasteiger charge is -2.10. The maximum Gasteiger partial charge on any atom is 0.338 e. The number of benzene rings is 1. The molecule has 0 atom stereocenters. The first-order valence-electron chi connectivity index (χ1n) is 6.14. The van der Waals surface area contributed by atoms with E-state index in [9.17, 15) is 4.79 Å². The Morgan fingerprint density at radius 2 is 2.18 bits per heavy atom. The molecule has 94 valence electrons. The molecule has 0 unspecified atom stereocenters. The molecule has 0 bridgehead atoms. The molecular formula is C14H21NO2. The van der Waals surface area contributed by atoms with Crippen LogP contribution in [0, 0.1) is 5.92 Å². The summed E-state index contributed by atoms with van der Waals surface area (Å²) in [5.74, 6) is 0.325. The lowest BCUT2D eigenvalue weighted by atomic mass is 10.2. The van der Waals surface area contributed by atoms with E-state index in [1.165, 1.54) is 0 Å². The minimum absolute atomic E-state index is 0.250. The average molecular weight is 235 g/mol. The Balaban J connectivity index is 2.61. The van der Waals surface area contributed by atoms with Crippen molar-refractivity contribution in [3.05, 3.63) is 29.8 Å². The van der Waals surface area contributed by atoms with E-state index >= 15 is 0 Å². The monoisotopic (exact) mass is 235 g/mol. The van der Waals surface area contributed by atoms with E-state index in [2.05, 4.69) is 19.2 Å². The Morgan fingerprint density at radius 3 is 2.82 bits per heavy atom. The molecule has 0 spiro atoms. The molecule has 0 radical (unpaired) electrons. The maximum absolute atomic E-state index is 11.6. The molecule has 0 fully saturated rings. The van der Waals surface area contributed by atoms with Gasteiger partial charge in [-0.2, -0.15) is 0 Å². The molecule has 1 rings (SSSR count). The van der Waals surface area contributed by atoms with Crippen LogP contribution < -0.4 is 5.32 Å². The van der Waals surface area contributed by atoms with Gasteiger partial charge in [0.25, 0.3) is 0 Å². The van der Waals surface area contributed by atoms with Crippen molar-refractivity contribution >= 4 is 11.7 Å². The lowest BCUT2D eigenvalue weighted by molar-refractivity contribution is 0.0505. The molecule has 1 aromatic rings. The molecule has 3 heteroatoms. The highest BCUT2D eigenvalue weighted by molar-refractivity contribution is 5.90. The first-order chi connectivity index (χ1) is 8.13. The Labute approximate surface area is 103 Å². The zero-order valence-electron chi connectivity index (χ0n) is 10.8. The van der Waals surface area contributed by atoms with Crippen LogP contribution in [0.3, 0.4) is 0 Å². The summed E-state index contributed by atoms with van der Waals surface area (Å²) in [6, 6.07) is 7.43. The first kappa shape index (κ1) is 13.6. The Bertz CT molecular complexity index is 361. The summed E-state index contributed by atoms with van der Waals surface area (Å²) in [5, 5.41) is 3.29. The summed E-state index contributed by atoms with van der Waals surface area (Å²) in [6.07, 6.45) is 0.844. The number of ether oxygens (including phenoxy) is 1. The smallest absolute Gasteiger partial charge is 0.338 e. The normalized spacial score (nSPS) is 10.4. The lowest BCUT2D eigenvalue weighted by Crippen LogP contribution is -2.10. The van der Waals surface area contributed by atoms with E-state index in [0.29, 0.717) is 18.1 Å². The number of esters is 1. The fraction of sp³-hybridized carbons (Fsp3) is 0.500. The second kappa shape index (κ2) is 6.94. The highest BCUT2D eigenvalue weighted by Crippen LogP contribution is 2.12. The van der Waals surface area contributed by atoms with Crippen LogP contribution in [0.2, 0.25) is 0 Å². The molecule has 1 aromatic carbocycles. The number of rotatable bonds is 6. The third-order valence-corrected chi connectivity index (χ3v) is 2.25. The Hall–Kier alpha value is -1.51. The van der Waals surface area contributed by atoms with E-state index in [4.69, 9.17) is 4.74 Å². The number of anilines is 1. The first-order valence-corrected chi connectivity index (χ1v) is 6.14. The van der Waals surface area contributed by atoms with Crippen LogP contribution in [0.5, 0.6) is 0 Å². The molecule has 3 nitrogen and oxygen atoms in total. The Morgan fingerprint density at radius 1 is 1.41 bits per heavy atom. The van der Waals surface area contributed by atoms with Crippen LogP contribution in [0.1, 0.15) is 37.6 Å². The van der Waals surface area contributed by atoms with Crippen molar-refractivity contribution in [2.24, 2.45) is 5.92 Å². The zero-order valence-corrected chi connectivity index (χ0v) is 10.8. The molecule has 17 heavy (non-hydrogen) atoms. The molecule has 0 amide bonds. The van der Waals surface area contributed by atoms with Crippen LogP contribution in [-0.4, -0.2) is 19.1 Å². The minimum Gasteiger partial charge on any atom is -0.462 e. The molecule has 0 aromatic heterocycles. The maximum atomic E-state index is 11.6. The van der Waals surface area contributed by atoms with Gasteiger partial charge in [0.15, 0.2) is 0 Å². The molecule has 0 aliphatic carbocycles. The summed E-state index contributed by atoms with van der Waals surface area (Å²) in [7, 11) is 0. The second-order valence-corrected chi connectivity index (χ2v) is 4.49. The fourth-order valence-corrected chi connectivity index (χ4v) is 1.36. The van der Waals surface area contributed by atoms with Gasteiger partial charge in [0.2, 0.25) is 0 Å². The molecular weight excluding hydrogens is 214 g/mol. The van der Waals surface area contributed by atoms with Gasteiger partial charge in [0.05, 0.1) is 12.2 Å². The van der Waals surface area contributed by atoms with Gasteiger partial charge in [-0.3, -0.25) is 0 Å². The van der Waals surface area contributed by atoms with Gasteiger partial charge >= 0.3 is 5.97 Å². The fourth-order valence-electron chi connectivity index (χ4n) is 1.36.